The van der Waals surface area contributed by atoms with Gasteiger partial charge in [-0.1, -0.05) is 35.5 Å². The molecule has 0 radical (unpaired) electrons. The fourth-order valence-corrected chi connectivity index (χ4v) is 2.83. The Labute approximate surface area is 124 Å². The van der Waals surface area contributed by atoms with Crippen LogP contribution < -0.4 is 5.32 Å². The summed E-state index contributed by atoms with van der Waals surface area (Å²) in [5.74, 6) is 1.90. The molecule has 2 aromatic rings. The molecule has 1 heterocycles. The first-order valence-electron chi connectivity index (χ1n) is 7.54. The molecule has 1 fully saturated rings. The van der Waals surface area contributed by atoms with Crippen molar-refractivity contribution in [1.82, 2.24) is 15.5 Å². The minimum Gasteiger partial charge on any atom is -0.393 e. The predicted molar refractivity (Wildman–Crippen MR) is 78.6 cm³/mol. The van der Waals surface area contributed by atoms with Crippen LogP contribution >= 0.6 is 0 Å². The molecule has 21 heavy (non-hydrogen) atoms. The second-order valence-corrected chi connectivity index (χ2v) is 5.73. The first kappa shape index (κ1) is 14.2. The molecule has 0 aliphatic heterocycles. The van der Waals surface area contributed by atoms with Gasteiger partial charge in [-0.05, 0) is 37.3 Å². The van der Waals surface area contributed by atoms with Crippen molar-refractivity contribution in [2.24, 2.45) is 5.92 Å². The van der Waals surface area contributed by atoms with Crippen molar-refractivity contribution in [2.75, 3.05) is 6.54 Å². The maximum absolute atomic E-state index is 9.49. The third-order valence-electron chi connectivity index (χ3n) is 3.94. The summed E-state index contributed by atoms with van der Waals surface area (Å²) in [4.78, 5) is 4.39. The highest BCUT2D eigenvalue weighted by atomic mass is 16.5. The maximum Gasteiger partial charge on any atom is 0.240 e. The predicted octanol–water partition coefficient (Wildman–Crippen LogP) is 1.91. The molecule has 2 atom stereocenters. The number of nitrogens with one attached hydrogen (secondary N) is 1. The van der Waals surface area contributed by atoms with Gasteiger partial charge in [0.25, 0.3) is 0 Å². The van der Waals surface area contributed by atoms with Gasteiger partial charge in [-0.25, -0.2) is 0 Å². The van der Waals surface area contributed by atoms with Crippen LogP contribution in [0.1, 0.15) is 36.5 Å². The molecule has 5 nitrogen and oxygen atoms in total. The number of rotatable bonds is 6. The standard InChI is InChI=1S/C16H21N3O2/c20-14-7-6-13(8-14)10-17-11-16-18-15(19-21-16)9-12-4-2-1-3-5-12/h1-5,13-14,17,20H,6-11H2. The van der Waals surface area contributed by atoms with Crippen molar-refractivity contribution in [3.8, 4) is 0 Å². The van der Waals surface area contributed by atoms with E-state index in [1.54, 1.807) is 0 Å². The second-order valence-electron chi connectivity index (χ2n) is 5.73. The number of aliphatic hydroxyl groups excluding tert-OH is 1. The lowest BCUT2D eigenvalue weighted by Gasteiger charge is -2.08. The Morgan fingerprint density at radius 1 is 1.24 bits per heavy atom. The average Bonchev–Trinajstić information content (AvgIpc) is 3.10. The first-order valence-corrected chi connectivity index (χ1v) is 7.54. The lowest BCUT2D eigenvalue weighted by atomic mass is 10.1. The largest absolute Gasteiger partial charge is 0.393 e. The smallest absolute Gasteiger partial charge is 0.240 e. The van der Waals surface area contributed by atoms with Crippen LogP contribution in [0.2, 0.25) is 0 Å². The maximum atomic E-state index is 9.49. The van der Waals surface area contributed by atoms with Gasteiger partial charge in [0.05, 0.1) is 12.6 Å². The third-order valence-corrected chi connectivity index (χ3v) is 3.94. The summed E-state index contributed by atoms with van der Waals surface area (Å²) in [6.07, 6.45) is 3.50. The molecular weight excluding hydrogens is 266 g/mol. The van der Waals surface area contributed by atoms with E-state index in [-0.39, 0.29) is 6.10 Å². The van der Waals surface area contributed by atoms with Crippen molar-refractivity contribution in [1.29, 1.82) is 0 Å². The average molecular weight is 287 g/mol. The molecule has 2 N–H and O–H groups in total. The SMILES string of the molecule is OC1CCC(CNCc2nc(Cc3ccccc3)no2)C1. The summed E-state index contributed by atoms with van der Waals surface area (Å²) in [5, 5.41) is 16.8. The van der Waals surface area contributed by atoms with Crippen molar-refractivity contribution in [3.63, 3.8) is 0 Å². The summed E-state index contributed by atoms with van der Waals surface area (Å²) in [7, 11) is 0. The molecule has 1 saturated carbocycles. The molecule has 3 rings (SSSR count). The van der Waals surface area contributed by atoms with Gasteiger partial charge in [0, 0.05) is 6.42 Å². The minimum absolute atomic E-state index is 0.113. The molecule has 1 aliphatic rings. The third kappa shape index (κ3) is 4.12. The van der Waals surface area contributed by atoms with Gasteiger partial charge in [0.15, 0.2) is 5.82 Å². The zero-order chi connectivity index (χ0) is 14.5. The highest BCUT2D eigenvalue weighted by molar-refractivity contribution is 5.18. The molecule has 1 aromatic carbocycles. The fraction of sp³-hybridized carbons (Fsp3) is 0.500. The molecule has 5 heteroatoms. The number of aliphatic hydroxyl groups is 1. The lowest BCUT2D eigenvalue weighted by molar-refractivity contribution is 0.177. The van der Waals surface area contributed by atoms with Gasteiger partial charge in [-0.15, -0.1) is 0 Å². The zero-order valence-electron chi connectivity index (χ0n) is 12.0. The van der Waals surface area contributed by atoms with E-state index in [2.05, 4.69) is 27.6 Å². The zero-order valence-corrected chi connectivity index (χ0v) is 12.0. The molecule has 0 bridgehead atoms. The topological polar surface area (TPSA) is 71.2 Å². The fourth-order valence-electron chi connectivity index (χ4n) is 2.83. The number of nitrogens with zero attached hydrogens (tertiary/aromatic N) is 2. The van der Waals surface area contributed by atoms with Crippen molar-refractivity contribution < 1.29 is 9.63 Å². The summed E-state index contributed by atoms with van der Waals surface area (Å²) in [5.41, 5.74) is 1.18. The van der Waals surface area contributed by atoms with Gasteiger partial charge in [-0.3, -0.25) is 0 Å². The van der Waals surface area contributed by atoms with Crippen LogP contribution in [0.5, 0.6) is 0 Å². The first-order chi connectivity index (χ1) is 10.3. The van der Waals surface area contributed by atoms with E-state index in [1.807, 2.05) is 18.2 Å². The van der Waals surface area contributed by atoms with Crippen molar-refractivity contribution >= 4 is 0 Å². The molecular formula is C16H21N3O2. The molecule has 112 valence electrons. The monoisotopic (exact) mass is 287 g/mol. The second kappa shape index (κ2) is 6.83. The van der Waals surface area contributed by atoms with Crippen LogP contribution in [0.3, 0.4) is 0 Å². The normalized spacial score (nSPS) is 21.8. The molecule has 1 aromatic heterocycles. The molecule has 0 spiro atoms. The Balaban J connectivity index is 1.44. The molecule has 1 aliphatic carbocycles. The molecule has 2 unspecified atom stereocenters. The van der Waals surface area contributed by atoms with Crippen LogP contribution in [0, 0.1) is 5.92 Å². The van der Waals surface area contributed by atoms with Crippen LogP contribution in [0.15, 0.2) is 34.9 Å². The van der Waals surface area contributed by atoms with Gasteiger partial charge in [-0.2, -0.15) is 4.98 Å². The number of hydrogen-bond donors (Lipinski definition) is 2. The van der Waals surface area contributed by atoms with Crippen LogP contribution in [-0.4, -0.2) is 27.9 Å². The van der Waals surface area contributed by atoms with E-state index in [0.29, 0.717) is 30.6 Å². The van der Waals surface area contributed by atoms with E-state index < -0.39 is 0 Å². The van der Waals surface area contributed by atoms with Gasteiger partial charge in [0.2, 0.25) is 5.89 Å². The summed E-state index contributed by atoms with van der Waals surface area (Å²) in [6.45, 7) is 1.49. The Bertz CT molecular complexity index is 556. The van der Waals surface area contributed by atoms with Crippen molar-refractivity contribution in [2.45, 2.75) is 38.3 Å². The van der Waals surface area contributed by atoms with Crippen LogP contribution in [-0.2, 0) is 13.0 Å². The van der Waals surface area contributed by atoms with Gasteiger partial charge in [0.1, 0.15) is 0 Å². The number of hydrogen-bond acceptors (Lipinski definition) is 5. The highest BCUT2D eigenvalue weighted by Gasteiger charge is 2.22. The summed E-state index contributed by atoms with van der Waals surface area (Å²) < 4.78 is 5.25. The number of aromatic nitrogens is 2. The van der Waals surface area contributed by atoms with E-state index in [9.17, 15) is 5.11 Å². The quantitative estimate of drug-likeness (QED) is 0.849. The van der Waals surface area contributed by atoms with Crippen LogP contribution in [0.25, 0.3) is 0 Å². The van der Waals surface area contributed by atoms with Gasteiger partial charge < -0.3 is 14.9 Å². The van der Waals surface area contributed by atoms with E-state index >= 15 is 0 Å². The summed E-state index contributed by atoms with van der Waals surface area (Å²) in [6, 6.07) is 10.1. The molecule has 0 amide bonds. The van der Waals surface area contributed by atoms with Crippen molar-refractivity contribution in [3.05, 3.63) is 47.6 Å². The van der Waals surface area contributed by atoms with Gasteiger partial charge >= 0.3 is 0 Å². The highest BCUT2D eigenvalue weighted by Crippen LogP contribution is 2.24. The Kier molecular flexibility index (Phi) is 4.62. The minimum atomic E-state index is -0.113. The lowest BCUT2D eigenvalue weighted by Crippen LogP contribution is -2.21. The Morgan fingerprint density at radius 3 is 2.86 bits per heavy atom. The molecule has 0 saturated heterocycles. The van der Waals surface area contributed by atoms with Crippen LogP contribution in [0.4, 0.5) is 0 Å². The van der Waals surface area contributed by atoms with E-state index in [0.717, 1.165) is 25.8 Å². The Morgan fingerprint density at radius 2 is 2.10 bits per heavy atom. The Hall–Kier alpha value is -1.72. The van der Waals surface area contributed by atoms with E-state index in [1.165, 1.54) is 5.56 Å². The number of benzene rings is 1. The van der Waals surface area contributed by atoms with E-state index in [4.69, 9.17) is 4.52 Å². The summed E-state index contributed by atoms with van der Waals surface area (Å²) >= 11 is 0.